The number of ether oxygens (including phenoxy) is 1. The van der Waals surface area contributed by atoms with E-state index in [4.69, 9.17) is 10.5 Å². The number of esters is 1. The summed E-state index contributed by atoms with van der Waals surface area (Å²) in [5.41, 5.74) is 6.55. The fraction of sp³-hybridized carbons (Fsp3) is 0.455. The van der Waals surface area contributed by atoms with Crippen LogP contribution in [-0.4, -0.2) is 16.6 Å². The van der Waals surface area contributed by atoms with E-state index in [-0.39, 0.29) is 18.2 Å². The van der Waals surface area contributed by atoms with Gasteiger partial charge in [0.25, 0.3) is 5.56 Å². The molecule has 0 aliphatic heterocycles. The van der Waals surface area contributed by atoms with Crippen LogP contribution < -0.4 is 11.3 Å². The van der Waals surface area contributed by atoms with Gasteiger partial charge in [0.2, 0.25) is 0 Å². The first kappa shape index (κ1) is 13.8. The highest BCUT2D eigenvalue weighted by Crippen LogP contribution is 2.16. The Hall–Kier alpha value is -1.30. The molecule has 17 heavy (non-hydrogen) atoms. The van der Waals surface area contributed by atoms with Gasteiger partial charge >= 0.3 is 5.97 Å². The first-order valence-corrected chi connectivity index (χ1v) is 5.96. The highest BCUT2D eigenvalue weighted by Gasteiger charge is 2.12. The van der Waals surface area contributed by atoms with Crippen molar-refractivity contribution in [3.8, 4) is 0 Å². The Morgan fingerprint density at radius 1 is 1.59 bits per heavy atom. The van der Waals surface area contributed by atoms with E-state index >= 15 is 0 Å². The molecule has 0 bridgehead atoms. The first-order valence-electron chi connectivity index (χ1n) is 5.17. The van der Waals surface area contributed by atoms with E-state index in [9.17, 15) is 9.59 Å². The zero-order valence-corrected chi connectivity index (χ0v) is 11.6. The summed E-state index contributed by atoms with van der Waals surface area (Å²) >= 11 is 3.16. The van der Waals surface area contributed by atoms with Crippen molar-refractivity contribution in [1.29, 1.82) is 0 Å². The molecule has 2 N–H and O–H groups in total. The van der Waals surface area contributed by atoms with Crippen LogP contribution in [0.4, 0.5) is 5.69 Å². The number of rotatable bonds is 3. The molecule has 0 atom stereocenters. The maximum atomic E-state index is 11.8. The zero-order chi connectivity index (χ0) is 13.2. The third kappa shape index (κ3) is 3.33. The quantitative estimate of drug-likeness (QED) is 0.858. The van der Waals surface area contributed by atoms with E-state index in [1.165, 1.54) is 10.8 Å². The largest absolute Gasteiger partial charge is 0.462 e. The van der Waals surface area contributed by atoms with E-state index < -0.39 is 5.97 Å². The summed E-state index contributed by atoms with van der Waals surface area (Å²) in [6.07, 6.45) is 1.24. The van der Waals surface area contributed by atoms with E-state index in [1.807, 2.05) is 0 Å². The van der Waals surface area contributed by atoms with Gasteiger partial charge < -0.3 is 15.0 Å². The van der Waals surface area contributed by atoms with Crippen LogP contribution in [0.2, 0.25) is 0 Å². The van der Waals surface area contributed by atoms with Crippen molar-refractivity contribution in [1.82, 2.24) is 4.57 Å². The molecular formula is C11H15BrN2O3. The Kier molecular flexibility index (Phi) is 4.34. The van der Waals surface area contributed by atoms with E-state index in [0.717, 1.165) is 0 Å². The van der Waals surface area contributed by atoms with Crippen LogP contribution in [0.25, 0.3) is 0 Å². The number of carbonyl (C=O) groups is 1. The smallest absolute Gasteiger partial charge is 0.326 e. The van der Waals surface area contributed by atoms with Crippen molar-refractivity contribution < 1.29 is 9.53 Å². The molecule has 0 aliphatic carbocycles. The van der Waals surface area contributed by atoms with E-state index in [0.29, 0.717) is 15.7 Å². The van der Waals surface area contributed by atoms with Crippen molar-refractivity contribution in [2.75, 3.05) is 5.73 Å². The average molecular weight is 303 g/mol. The standard InChI is InChI=1S/C11H15BrN2O3/c1-6(2)17-9(15)5-14-4-8(13)7(3)10(12)11(14)16/h4,6H,5,13H2,1-3H3. The van der Waals surface area contributed by atoms with Crippen LogP contribution in [0.3, 0.4) is 0 Å². The lowest BCUT2D eigenvalue weighted by Crippen LogP contribution is -2.27. The molecule has 1 aromatic heterocycles. The monoisotopic (exact) mass is 302 g/mol. The molecule has 1 aromatic rings. The van der Waals surface area contributed by atoms with Crippen LogP contribution in [0.1, 0.15) is 19.4 Å². The minimum Gasteiger partial charge on any atom is -0.462 e. The number of nitrogen functional groups attached to an aromatic ring is 1. The van der Waals surface area contributed by atoms with Gasteiger partial charge in [-0.25, -0.2) is 0 Å². The average Bonchev–Trinajstić information content (AvgIpc) is 2.21. The normalized spacial score (nSPS) is 10.6. The third-order valence-electron chi connectivity index (χ3n) is 2.17. The number of hydrogen-bond acceptors (Lipinski definition) is 4. The molecule has 0 radical (unpaired) electrons. The molecule has 0 saturated carbocycles. The summed E-state index contributed by atoms with van der Waals surface area (Å²) in [7, 11) is 0. The minimum absolute atomic E-state index is 0.139. The van der Waals surface area contributed by atoms with Crippen molar-refractivity contribution in [3.63, 3.8) is 0 Å². The Morgan fingerprint density at radius 2 is 2.18 bits per heavy atom. The lowest BCUT2D eigenvalue weighted by atomic mass is 10.2. The highest BCUT2D eigenvalue weighted by atomic mass is 79.9. The molecule has 0 spiro atoms. The van der Waals surface area contributed by atoms with Gasteiger partial charge in [0, 0.05) is 6.20 Å². The minimum atomic E-state index is -0.461. The molecule has 0 aromatic carbocycles. The molecule has 1 heterocycles. The number of nitrogens with two attached hydrogens (primary N) is 1. The van der Waals surface area contributed by atoms with Crippen molar-refractivity contribution >= 4 is 27.6 Å². The number of carbonyl (C=O) groups excluding carboxylic acids is 1. The van der Waals surface area contributed by atoms with Crippen LogP contribution in [-0.2, 0) is 16.1 Å². The maximum Gasteiger partial charge on any atom is 0.326 e. The maximum absolute atomic E-state index is 11.8. The van der Waals surface area contributed by atoms with E-state index in [1.54, 1.807) is 20.8 Å². The first-order chi connectivity index (χ1) is 7.82. The zero-order valence-electron chi connectivity index (χ0n) is 9.99. The summed E-state index contributed by atoms with van der Waals surface area (Å²) in [4.78, 5) is 23.3. The molecular weight excluding hydrogens is 288 g/mol. The number of halogens is 1. The second-order valence-electron chi connectivity index (χ2n) is 4.00. The van der Waals surface area contributed by atoms with Gasteiger partial charge in [0.15, 0.2) is 0 Å². The Balaban J connectivity index is 3.01. The summed E-state index contributed by atoms with van der Waals surface area (Å²) in [5.74, 6) is -0.461. The van der Waals surface area contributed by atoms with Gasteiger partial charge in [-0.2, -0.15) is 0 Å². The third-order valence-corrected chi connectivity index (χ3v) is 3.11. The Bertz CT molecular complexity index is 494. The van der Waals surface area contributed by atoms with Crippen molar-refractivity contribution in [3.05, 3.63) is 26.6 Å². The second kappa shape index (κ2) is 5.35. The fourth-order valence-electron chi connectivity index (χ4n) is 1.29. The predicted molar refractivity (Wildman–Crippen MR) is 68.8 cm³/mol. The SMILES string of the molecule is Cc1c(N)cn(CC(=O)OC(C)C)c(=O)c1Br. The highest BCUT2D eigenvalue weighted by molar-refractivity contribution is 9.10. The lowest BCUT2D eigenvalue weighted by molar-refractivity contribution is -0.148. The molecule has 94 valence electrons. The molecule has 0 amide bonds. The van der Waals surface area contributed by atoms with Crippen LogP contribution in [0.15, 0.2) is 15.5 Å². The number of nitrogens with zero attached hydrogens (tertiary/aromatic N) is 1. The van der Waals surface area contributed by atoms with Gasteiger partial charge in [0.05, 0.1) is 16.3 Å². The number of aromatic nitrogens is 1. The summed E-state index contributed by atoms with van der Waals surface area (Å²) in [6, 6.07) is 0. The van der Waals surface area contributed by atoms with Gasteiger partial charge in [-0.15, -0.1) is 0 Å². The van der Waals surface area contributed by atoms with Gasteiger partial charge in [0.1, 0.15) is 6.54 Å². The topological polar surface area (TPSA) is 74.3 Å². The van der Waals surface area contributed by atoms with Gasteiger partial charge in [-0.3, -0.25) is 9.59 Å². The van der Waals surface area contributed by atoms with Crippen LogP contribution >= 0.6 is 15.9 Å². The lowest BCUT2D eigenvalue weighted by Gasteiger charge is -2.11. The number of anilines is 1. The number of hydrogen-bond donors (Lipinski definition) is 1. The molecule has 0 fully saturated rings. The second-order valence-corrected chi connectivity index (χ2v) is 4.79. The molecule has 0 aliphatic rings. The number of pyridine rings is 1. The molecule has 0 saturated heterocycles. The summed E-state index contributed by atoms with van der Waals surface area (Å²) in [5, 5.41) is 0. The van der Waals surface area contributed by atoms with Crippen molar-refractivity contribution in [2.24, 2.45) is 0 Å². The van der Waals surface area contributed by atoms with E-state index in [2.05, 4.69) is 15.9 Å². The van der Waals surface area contributed by atoms with Crippen molar-refractivity contribution in [2.45, 2.75) is 33.4 Å². The summed E-state index contributed by atoms with van der Waals surface area (Å²) < 4.78 is 6.57. The van der Waals surface area contributed by atoms with Crippen LogP contribution in [0.5, 0.6) is 0 Å². The Morgan fingerprint density at radius 3 is 2.71 bits per heavy atom. The molecule has 0 unspecified atom stereocenters. The Labute approximate surface area is 108 Å². The predicted octanol–water partition coefficient (Wildman–Crippen LogP) is 1.45. The van der Waals surface area contributed by atoms with Gasteiger partial charge in [-0.05, 0) is 42.3 Å². The molecule has 5 nitrogen and oxygen atoms in total. The van der Waals surface area contributed by atoms with Gasteiger partial charge in [-0.1, -0.05) is 0 Å². The molecule has 1 rings (SSSR count). The summed E-state index contributed by atoms with van der Waals surface area (Å²) in [6.45, 7) is 5.10. The molecule has 6 heteroatoms. The van der Waals surface area contributed by atoms with Crippen LogP contribution in [0, 0.1) is 6.92 Å². The fourth-order valence-corrected chi connectivity index (χ4v) is 1.75.